The number of ether oxygens (including phenoxy) is 1. The summed E-state index contributed by atoms with van der Waals surface area (Å²) in [7, 11) is 0. The van der Waals surface area contributed by atoms with Crippen molar-refractivity contribution in [2.45, 2.75) is 51.0 Å². The van der Waals surface area contributed by atoms with Gasteiger partial charge in [0.15, 0.2) is 0 Å². The highest BCUT2D eigenvalue weighted by Crippen LogP contribution is 2.44. The number of alkyl carbamates (subject to hydrolysis) is 1. The molecule has 0 spiro atoms. The zero-order valence-corrected chi connectivity index (χ0v) is 19.5. The maximum atomic E-state index is 12.6. The lowest BCUT2D eigenvalue weighted by molar-refractivity contribution is -0.140. The summed E-state index contributed by atoms with van der Waals surface area (Å²) in [6, 6.07) is 16.2. The minimum atomic E-state index is -0.870. The number of likely N-dealkylation sites (tertiary alicyclic amines) is 1. The number of carboxylic acid groups (broad SMARTS) is 1. The SMILES string of the molecule is CC(CCC(=O)N1CCCC1CC(=O)O)CNC(=O)OCC1c2ccccc2-c2ccccc21. The van der Waals surface area contributed by atoms with Crippen LogP contribution in [0.3, 0.4) is 0 Å². The van der Waals surface area contributed by atoms with Gasteiger partial charge in [0.2, 0.25) is 5.91 Å². The molecule has 2 atom stereocenters. The summed E-state index contributed by atoms with van der Waals surface area (Å²) in [5.41, 5.74) is 4.72. The molecule has 2 aromatic rings. The number of aliphatic carboxylic acids is 1. The van der Waals surface area contributed by atoms with Crippen LogP contribution in [0.15, 0.2) is 48.5 Å². The molecule has 2 N–H and O–H groups in total. The molecule has 2 aliphatic rings. The van der Waals surface area contributed by atoms with Crippen molar-refractivity contribution < 1.29 is 24.2 Å². The second-order valence-corrected chi connectivity index (χ2v) is 9.33. The Morgan fingerprint density at radius 1 is 1.09 bits per heavy atom. The van der Waals surface area contributed by atoms with Gasteiger partial charge in [0.05, 0.1) is 6.42 Å². The molecule has 1 saturated heterocycles. The second kappa shape index (κ2) is 10.7. The van der Waals surface area contributed by atoms with Gasteiger partial charge in [-0.2, -0.15) is 0 Å². The highest BCUT2D eigenvalue weighted by atomic mass is 16.5. The smallest absolute Gasteiger partial charge is 0.407 e. The standard InChI is InChI=1S/C27H32N2O5/c1-18(12-13-25(30)29-14-6-7-19(29)15-26(31)32)16-28-27(33)34-17-24-22-10-4-2-8-20(22)21-9-3-5-11-23(21)24/h2-5,8-11,18-19,24H,6-7,12-17H2,1H3,(H,28,33)(H,31,32). The van der Waals surface area contributed by atoms with Gasteiger partial charge in [0, 0.05) is 31.5 Å². The summed E-state index contributed by atoms with van der Waals surface area (Å²) in [5, 5.41) is 11.9. The van der Waals surface area contributed by atoms with Crippen molar-refractivity contribution in [1.29, 1.82) is 0 Å². The number of benzene rings is 2. The van der Waals surface area contributed by atoms with Crippen molar-refractivity contribution in [3.8, 4) is 11.1 Å². The van der Waals surface area contributed by atoms with Gasteiger partial charge in [-0.1, -0.05) is 55.5 Å². The van der Waals surface area contributed by atoms with Crippen molar-refractivity contribution in [3.05, 3.63) is 59.7 Å². The van der Waals surface area contributed by atoms with Crippen LogP contribution in [0.4, 0.5) is 4.79 Å². The third-order valence-electron chi connectivity index (χ3n) is 6.90. The normalized spacial score (nSPS) is 17.7. The number of carboxylic acids is 1. The molecule has 34 heavy (non-hydrogen) atoms. The Morgan fingerprint density at radius 3 is 2.38 bits per heavy atom. The molecule has 0 radical (unpaired) electrons. The van der Waals surface area contributed by atoms with Crippen LogP contribution >= 0.6 is 0 Å². The quantitative estimate of drug-likeness (QED) is 0.573. The Morgan fingerprint density at radius 2 is 1.74 bits per heavy atom. The van der Waals surface area contributed by atoms with Crippen molar-refractivity contribution in [2.24, 2.45) is 5.92 Å². The van der Waals surface area contributed by atoms with Crippen LogP contribution in [0.1, 0.15) is 56.1 Å². The van der Waals surface area contributed by atoms with Gasteiger partial charge in [-0.3, -0.25) is 9.59 Å². The summed E-state index contributed by atoms with van der Waals surface area (Å²) in [6.07, 6.45) is 2.12. The van der Waals surface area contributed by atoms with Gasteiger partial charge >= 0.3 is 12.1 Å². The van der Waals surface area contributed by atoms with E-state index in [1.54, 1.807) is 4.90 Å². The monoisotopic (exact) mass is 464 g/mol. The lowest BCUT2D eigenvalue weighted by Crippen LogP contribution is -2.37. The van der Waals surface area contributed by atoms with Crippen molar-refractivity contribution in [1.82, 2.24) is 10.2 Å². The van der Waals surface area contributed by atoms with E-state index in [0.717, 1.165) is 12.8 Å². The lowest BCUT2D eigenvalue weighted by atomic mass is 9.98. The zero-order chi connectivity index (χ0) is 24.1. The van der Waals surface area contributed by atoms with E-state index in [-0.39, 0.29) is 36.8 Å². The molecule has 2 amide bonds. The third kappa shape index (κ3) is 5.41. The van der Waals surface area contributed by atoms with Crippen molar-refractivity contribution in [3.63, 3.8) is 0 Å². The summed E-state index contributed by atoms with van der Waals surface area (Å²) in [6.45, 7) is 3.30. The molecule has 2 aromatic carbocycles. The topological polar surface area (TPSA) is 95.9 Å². The predicted octanol–water partition coefficient (Wildman–Crippen LogP) is 4.41. The van der Waals surface area contributed by atoms with E-state index in [0.29, 0.717) is 25.9 Å². The van der Waals surface area contributed by atoms with Crippen LogP contribution < -0.4 is 5.32 Å². The van der Waals surface area contributed by atoms with Crippen LogP contribution in [0.25, 0.3) is 11.1 Å². The molecule has 180 valence electrons. The number of hydrogen-bond donors (Lipinski definition) is 2. The van der Waals surface area contributed by atoms with Crippen LogP contribution in [0.2, 0.25) is 0 Å². The number of hydrogen-bond acceptors (Lipinski definition) is 4. The molecule has 1 heterocycles. The predicted molar refractivity (Wildman–Crippen MR) is 128 cm³/mol. The van der Waals surface area contributed by atoms with E-state index in [1.165, 1.54) is 22.3 Å². The Balaban J connectivity index is 1.21. The summed E-state index contributed by atoms with van der Waals surface area (Å²) in [4.78, 5) is 37.6. The molecule has 0 saturated carbocycles. The number of carbonyl (C=O) groups is 3. The number of nitrogens with one attached hydrogen (secondary N) is 1. The molecule has 0 bridgehead atoms. The molecule has 0 aromatic heterocycles. The third-order valence-corrected chi connectivity index (χ3v) is 6.90. The molecule has 1 aliphatic heterocycles. The van der Waals surface area contributed by atoms with Gasteiger partial charge < -0.3 is 20.1 Å². The van der Waals surface area contributed by atoms with Gasteiger partial charge in [-0.25, -0.2) is 4.79 Å². The second-order valence-electron chi connectivity index (χ2n) is 9.33. The molecule has 7 nitrogen and oxygen atoms in total. The summed E-state index contributed by atoms with van der Waals surface area (Å²) >= 11 is 0. The first-order valence-corrected chi connectivity index (χ1v) is 12.0. The zero-order valence-electron chi connectivity index (χ0n) is 19.5. The minimum absolute atomic E-state index is 0.00302. The van der Waals surface area contributed by atoms with Gasteiger partial charge in [0.1, 0.15) is 6.61 Å². The number of fused-ring (bicyclic) bond motifs is 3. The van der Waals surface area contributed by atoms with Gasteiger partial charge in [0.25, 0.3) is 0 Å². The van der Waals surface area contributed by atoms with Gasteiger partial charge in [-0.15, -0.1) is 0 Å². The first-order chi connectivity index (χ1) is 16.4. The van der Waals surface area contributed by atoms with E-state index in [4.69, 9.17) is 9.84 Å². The number of carbonyl (C=O) groups excluding carboxylic acids is 2. The fraction of sp³-hybridized carbons (Fsp3) is 0.444. The Hall–Kier alpha value is -3.35. The molecule has 2 unspecified atom stereocenters. The van der Waals surface area contributed by atoms with Gasteiger partial charge in [-0.05, 0) is 47.4 Å². The van der Waals surface area contributed by atoms with E-state index < -0.39 is 12.1 Å². The highest BCUT2D eigenvalue weighted by Gasteiger charge is 2.31. The summed E-state index contributed by atoms with van der Waals surface area (Å²) in [5.74, 6) is -0.750. The molecular formula is C27H32N2O5. The van der Waals surface area contributed by atoms with E-state index >= 15 is 0 Å². The van der Waals surface area contributed by atoms with E-state index in [2.05, 4.69) is 29.6 Å². The number of amides is 2. The Kier molecular flexibility index (Phi) is 7.50. The van der Waals surface area contributed by atoms with Crippen LogP contribution in [-0.4, -0.2) is 53.7 Å². The first-order valence-electron chi connectivity index (χ1n) is 12.0. The molecule has 1 aliphatic carbocycles. The van der Waals surface area contributed by atoms with E-state index in [9.17, 15) is 14.4 Å². The Bertz CT molecular complexity index is 1010. The van der Waals surface area contributed by atoms with E-state index in [1.807, 2.05) is 31.2 Å². The van der Waals surface area contributed by atoms with Crippen molar-refractivity contribution >= 4 is 18.0 Å². The average molecular weight is 465 g/mol. The first kappa shape index (κ1) is 23.8. The van der Waals surface area contributed by atoms with Crippen LogP contribution in [0, 0.1) is 5.92 Å². The maximum absolute atomic E-state index is 12.6. The number of rotatable bonds is 9. The van der Waals surface area contributed by atoms with Crippen LogP contribution in [0.5, 0.6) is 0 Å². The lowest BCUT2D eigenvalue weighted by Gasteiger charge is -2.24. The number of nitrogens with zero attached hydrogens (tertiary/aromatic N) is 1. The fourth-order valence-electron chi connectivity index (χ4n) is 5.10. The molecule has 1 fully saturated rings. The molecule has 7 heteroatoms. The average Bonchev–Trinajstić information content (AvgIpc) is 3.42. The minimum Gasteiger partial charge on any atom is -0.481 e. The molecule has 4 rings (SSSR count). The molecular weight excluding hydrogens is 432 g/mol. The van der Waals surface area contributed by atoms with Crippen molar-refractivity contribution in [2.75, 3.05) is 19.7 Å². The highest BCUT2D eigenvalue weighted by molar-refractivity contribution is 5.79. The van der Waals surface area contributed by atoms with Crippen LogP contribution in [-0.2, 0) is 14.3 Å². The summed E-state index contributed by atoms with van der Waals surface area (Å²) < 4.78 is 5.57. The maximum Gasteiger partial charge on any atom is 0.407 e. The fourth-order valence-corrected chi connectivity index (χ4v) is 5.10. The largest absolute Gasteiger partial charge is 0.481 e. The Labute approximate surface area is 200 Å².